The molecule has 4 aliphatic carbocycles. The summed E-state index contributed by atoms with van der Waals surface area (Å²) in [5.41, 5.74) is 1.71. The van der Waals surface area contributed by atoms with Crippen molar-refractivity contribution in [1.82, 2.24) is 0 Å². The molecule has 1 unspecified atom stereocenters. The monoisotopic (exact) mass is 302 g/mol. The third-order valence-corrected chi connectivity index (χ3v) is 8.54. The van der Waals surface area contributed by atoms with Crippen LogP contribution in [0.3, 0.4) is 0 Å². The second-order valence-corrected chi connectivity index (χ2v) is 9.40. The van der Waals surface area contributed by atoms with E-state index in [9.17, 15) is 9.90 Å². The molecule has 0 saturated heterocycles. The van der Waals surface area contributed by atoms with E-state index < -0.39 is 11.4 Å². The van der Waals surface area contributed by atoms with E-state index in [1.54, 1.807) is 0 Å². The van der Waals surface area contributed by atoms with Crippen LogP contribution >= 0.6 is 0 Å². The third kappa shape index (κ3) is 1.65. The molecule has 6 atom stereocenters. The van der Waals surface area contributed by atoms with E-state index in [1.807, 2.05) is 6.92 Å². The van der Waals surface area contributed by atoms with Gasteiger partial charge in [0, 0.05) is 0 Å². The first-order valence-electron chi connectivity index (χ1n) is 9.23. The number of carbonyl (C=O) groups is 1. The molecule has 0 aromatic carbocycles. The first-order chi connectivity index (χ1) is 10.3. The van der Waals surface area contributed by atoms with Crippen LogP contribution in [0.25, 0.3) is 0 Å². The molecular formula is C20H30O2. The molecule has 0 aromatic heterocycles. The third-order valence-electron chi connectivity index (χ3n) is 8.54. The van der Waals surface area contributed by atoms with Crippen molar-refractivity contribution in [1.29, 1.82) is 0 Å². The number of carboxylic acids is 1. The fraction of sp³-hybridized carbons (Fsp3) is 0.850. The van der Waals surface area contributed by atoms with Crippen LogP contribution in [0.5, 0.6) is 0 Å². The first-order valence-corrected chi connectivity index (χ1v) is 9.23. The van der Waals surface area contributed by atoms with Gasteiger partial charge in [0.15, 0.2) is 0 Å². The van der Waals surface area contributed by atoms with Crippen LogP contribution in [0.2, 0.25) is 0 Å². The Balaban J connectivity index is 1.75. The molecule has 0 heterocycles. The molecule has 22 heavy (non-hydrogen) atoms. The highest BCUT2D eigenvalue weighted by Gasteiger charge is 2.64. The summed E-state index contributed by atoms with van der Waals surface area (Å²) in [4.78, 5) is 12.0. The van der Waals surface area contributed by atoms with Gasteiger partial charge >= 0.3 is 5.97 Å². The summed E-state index contributed by atoms with van der Waals surface area (Å²) in [6, 6.07) is 0. The Kier molecular flexibility index (Phi) is 2.95. The van der Waals surface area contributed by atoms with Gasteiger partial charge in [-0.3, -0.25) is 4.79 Å². The maximum atomic E-state index is 12.0. The van der Waals surface area contributed by atoms with Crippen LogP contribution in [-0.2, 0) is 4.79 Å². The molecule has 2 nitrogen and oxygen atoms in total. The highest BCUT2D eigenvalue weighted by atomic mass is 16.4. The molecule has 122 valence electrons. The average molecular weight is 302 g/mol. The van der Waals surface area contributed by atoms with Crippen LogP contribution < -0.4 is 0 Å². The van der Waals surface area contributed by atoms with Gasteiger partial charge in [0.25, 0.3) is 0 Å². The van der Waals surface area contributed by atoms with Crippen LogP contribution in [0.4, 0.5) is 0 Å². The molecule has 4 fully saturated rings. The standard InChI is InChI=1S/C20H30O2/c1-13-11-20-10-7-15-18(2,16(20)6-5-14(13)12-20)8-4-9-19(15,3)17(21)22/h14-16H,1,4-12H2,2-3H3,(H,21,22)/t14?,15-,16-,18+,19-,20+/m0/s1. The van der Waals surface area contributed by atoms with Crippen molar-refractivity contribution in [2.75, 3.05) is 0 Å². The van der Waals surface area contributed by atoms with Crippen LogP contribution in [0.15, 0.2) is 12.2 Å². The Hall–Kier alpha value is -0.790. The normalized spacial score (nSPS) is 53.7. The fourth-order valence-electron chi connectivity index (χ4n) is 7.61. The molecule has 2 heteroatoms. The Morgan fingerprint density at radius 1 is 1.14 bits per heavy atom. The quantitative estimate of drug-likeness (QED) is 0.689. The zero-order valence-electron chi connectivity index (χ0n) is 14.2. The van der Waals surface area contributed by atoms with Crippen molar-refractivity contribution < 1.29 is 9.90 Å². The summed E-state index contributed by atoms with van der Waals surface area (Å²) >= 11 is 0. The number of carboxylic acid groups (broad SMARTS) is 1. The van der Waals surface area contributed by atoms with Crippen molar-refractivity contribution in [3.05, 3.63) is 12.2 Å². The Bertz CT molecular complexity index is 538. The molecule has 0 amide bonds. The molecule has 0 aliphatic heterocycles. The van der Waals surface area contributed by atoms with Gasteiger partial charge in [-0.2, -0.15) is 0 Å². The Morgan fingerprint density at radius 2 is 1.91 bits per heavy atom. The minimum atomic E-state index is -0.552. The minimum Gasteiger partial charge on any atom is -0.481 e. The Morgan fingerprint density at radius 3 is 2.64 bits per heavy atom. The SMILES string of the molecule is C=C1C[C@@]23CC[C@H]4[C@@](C)(CCC[C@]4(C)C(=O)O)[C@@H]2CCC1C3. The zero-order valence-corrected chi connectivity index (χ0v) is 14.2. The molecule has 4 rings (SSSR count). The van der Waals surface area contributed by atoms with Crippen LogP contribution in [0.1, 0.15) is 71.6 Å². The molecule has 4 saturated carbocycles. The summed E-state index contributed by atoms with van der Waals surface area (Å²) in [6.07, 6.45) is 10.8. The van der Waals surface area contributed by atoms with E-state index in [2.05, 4.69) is 13.5 Å². The van der Waals surface area contributed by atoms with E-state index in [-0.39, 0.29) is 5.41 Å². The largest absolute Gasteiger partial charge is 0.481 e. The van der Waals surface area contributed by atoms with E-state index >= 15 is 0 Å². The van der Waals surface area contributed by atoms with Crippen molar-refractivity contribution in [2.24, 2.45) is 34.0 Å². The van der Waals surface area contributed by atoms with Crippen molar-refractivity contribution >= 4 is 5.97 Å². The summed E-state index contributed by atoms with van der Waals surface area (Å²) in [7, 11) is 0. The maximum absolute atomic E-state index is 12.0. The lowest BCUT2D eigenvalue weighted by Crippen LogP contribution is -2.58. The number of rotatable bonds is 1. The fourth-order valence-corrected chi connectivity index (χ4v) is 7.61. The number of hydrogen-bond donors (Lipinski definition) is 1. The second-order valence-electron chi connectivity index (χ2n) is 9.40. The zero-order chi connectivity index (χ0) is 15.8. The smallest absolute Gasteiger partial charge is 0.309 e. The lowest BCUT2D eigenvalue weighted by atomic mass is 9.41. The van der Waals surface area contributed by atoms with Gasteiger partial charge in [-0.05, 0) is 86.9 Å². The lowest BCUT2D eigenvalue weighted by molar-refractivity contribution is -0.181. The second kappa shape index (κ2) is 4.39. The highest BCUT2D eigenvalue weighted by molar-refractivity contribution is 5.75. The van der Waals surface area contributed by atoms with Gasteiger partial charge in [-0.1, -0.05) is 25.5 Å². The summed E-state index contributed by atoms with van der Waals surface area (Å²) in [5.74, 6) is 1.32. The van der Waals surface area contributed by atoms with Crippen molar-refractivity contribution in [3.8, 4) is 0 Å². The number of fused-ring (bicyclic) bond motifs is 3. The van der Waals surface area contributed by atoms with Crippen molar-refractivity contribution in [3.63, 3.8) is 0 Å². The molecule has 2 bridgehead atoms. The first kappa shape index (κ1) is 14.8. The van der Waals surface area contributed by atoms with Crippen LogP contribution in [-0.4, -0.2) is 11.1 Å². The maximum Gasteiger partial charge on any atom is 0.309 e. The van der Waals surface area contributed by atoms with Crippen LogP contribution in [0, 0.1) is 34.0 Å². The van der Waals surface area contributed by atoms with E-state index in [0.717, 1.165) is 31.1 Å². The minimum absolute atomic E-state index is 0.235. The highest BCUT2D eigenvalue weighted by Crippen LogP contribution is 2.72. The topological polar surface area (TPSA) is 37.3 Å². The summed E-state index contributed by atoms with van der Waals surface area (Å²) in [6.45, 7) is 8.86. The van der Waals surface area contributed by atoms with Gasteiger partial charge in [0.1, 0.15) is 0 Å². The number of aliphatic carboxylic acids is 1. The van der Waals surface area contributed by atoms with Crippen molar-refractivity contribution in [2.45, 2.75) is 71.6 Å². The van der Waals surface area contributed by atoms with E-state index in [1.165, 1.54) is 44.1 Å². The van der Waals surface area contributed by atoms with E-state index in [0.29, 0.717) is 11.3 Å². The summed E-state index contributed by atoms with van der Waals surface area (Å²) in [5, 5.41) is 9.90. The number of allylic oxidation sites excluding steroid dienone is 1. The molecule has 0 radical (unpaired) electrons. The van der Waals surface area contributed by atoms with Gasteiger partial charge < -0.3 is 5.11 Å². The molecule has 4 aliphatic rings. The average Bonchev–Trinajstić information content (AvgIpc) is 2.68. The van der Waals surface area contributed by atoms with E-state index in [4.69, 9.17) is 0 Å². The van der Waals surface area contributed by atoms with Gasteiger partial charge in [0.05, 0.1) is 5.41 Å². The van der Waals surface area contributed by atoms with Gasteiger partial charge in [-0.15, -0.1) is 0 Å². The lowest BCUT2D eigenvalue weighted by Gasteiger charge is -2.63. The van der Waals surface area contributed by atoms with Gasteiger partial charge in [0.2, 0.25) is 0 Å². The molecular weight excluding hydrogens is 272 g/mol. The number of hydrogen-bond acceptors (Lipinski definition) is 1. The Labute approximate surface area is 134 Å². The molecule has 0 aromatic rings. The molecule has 1 spiro atoms. The predicted molar refractivity (Wildman–Crippen MR) is 87.4 cm³/mol. The molecule has 1 N–H and O–H groups in total. The van der Waals surface area contributed by atoms with Gasteiger partial charge in [-0.25, -0.2) is 0 Å². The summed E-state index contributed by atoms with van der Waals surface area (Å²) < 4.78 is 0. The predicted octanol–water partition coefficient (Wildman–Crippen LogP) is 5.04.